The van der Waals surface area contributed by atoms with Crippen LogP contribution in [0.3, 0.4) is 0 Å². The Morgan fingerprint density at radius 2 is 2.16 bits per heavy atom. The number of aliphatic hydroxyl groups is 1. The molecule has 6 nitrogen and oxygen atoms in total. The van der Waals surface area contributed by atoms with Crippen molar-refractivity contribution in [3.05, 3.63) is 36.0 Å². The van der Waals surface area contributed by atoms with E-state index < -0.39 is 0 Å². The molecule has 1 aromatic heterocycles. The van der Waals surface area contributed by atoms with E-state index in [4.69, 9.17) is 9.26 Å². The van der Waals surface area contributed by atoms with Crippen molar-refractivity contribution in [1.82, 2.24) is 15.0 Å². The van der Waals surface area contributed by atoms with Gasteiger partial charge >= 0.3 is 0 Å². The molecule has 1 aromatic carbocycles. The van der Waals surface area contributed by atoms with Crippen molar-refractivity contribution in [3.8, 4) is 11.4 Å². The summed E-state index contributed by atoms with van der Waals surface area (Å²) in [6, 6.07) is 6.54. The van der Waals surface area contributed by atoms with Crippen LogP contribution in [-0.2, 0) is 11.3 Å². The van der Waals surface area contributed by atoms with Crippen molar-refractivity contribution < 1.29 is 18.8 Å². The summed E-state index contributed by atoms with van der Waals surface area (Å²) >= 11 is 0. The minimum Gasteiger partial charge on any atom is -0.393 e. The zero-order valence-corrected chi connectivity index (χ0v) is 14.0. The van der Waals surface area contributed by atoms with Gasteiger partial charge in [-0.3, -0.25) is 4.90 Å². The molecule has 7 heteroatoms. The van der Waals surface area contributed by atoms with Gasteiger partial charge in [-0.1, -0.05) is 23.7 Å². The Morgan fingerprint density at radius 3 is 2.96 bits per heavy atom. The summed E-state index contributed by atoms with van der Waals surface area (Å²) in [4.78, 5) is 6.59. The number of aromatic nitrogens is 2. The molecule has 1 saturated carbocycles. The lowest BCUT2D eigenvalue weighted by atomic mass is 9.94. The number of hydrogen-bond donors (Lipinski definition) is 1. The first-order valence-electron chi connectivity index (χ1n) is 8.80. The summed E-state index contributed by atoms with van der Waals surface area (Å²) in [6.45, 7) is 2.49. The van der Waals surface area contributed by atoms with Gasteiger partial charge in [-0.15, -0.1) is 0 Å². The van der Waals surface area contributed by atoms with Crippen molar-refractivity contribution in [2.24, 2.45) is 5.92 Å². The normalized spacial score (nSPS) is 27.7. The molecule has 0 radical (unpaired) electrons. The Bertz CT molecular complexity index is 723. The fourth-order valence-corrected chi connectivity index (χ4v) is 3.91. The quantitative estimate of drug-likeness (QED) is 0.915. The van der Waals surface area contributed by atoms with Crippen LogP contribution in [0.15, 0.2) is 28.8 Å². The van der Waals surface area contributed by atoms with Crippen LogP contribution in [0.4, 0.5) is 4.39 Å². The first-order valence-corrected chi connectivity index (χ1v) is 8.80. The Morgan fingerprint density at radius 1 is 1.28 bits per heavy atom. The smallest absolute Gasteiger partial charge is 0.241 e. The fourth-order valence-electron chi connectivity index (χ4n) is 3.91. The Hall–Kier alpha value is -1.83. The zero-order chi connectivity index (χ0) is 17.2. The maximum Gasteiger partial charge on any atom is 0.241 e. The van der Waals surface area contributed by atoms with Crippen LogP contribution in [-0.4, -0.2) is 52.1 Å². The topological polar surface area (TPSA) is 71.6 Å². The molecular weight excluding hydrogens is 325 g/mol. The van der Waals surface area contributed by atoms with Crippen LogP contribution in [0.2, 0.25) is 0 Å². The first kappa shape index (κ1) is 16.6. The van der Waals surface area contributed by atoms with Gasteiger partial charge in [0.25, 0.3) is 0 Å². The molecule has 1 saturated heterocycles. The second-order valence-electron chi connectivity index (χ2n) is 6.77. The lowest BCUT2D eigenvalue weighted by Crippen LogP contribution is -2.50. The van der Waals surface area contributed by atoms with Crippen LogP contribution in [0.1, 0.15) is 25.2 Å². The molecule has 2 heterocycles. The molecule has 1 aliphatic carbocycles. The number of ether oxygens (including phenoxy) is 1. The summed E-state index contributed by atoms with van der Waals surface area (Å²) in [5.74, 6) is 0.568. The van der Waals surface area contributed by atoms with Crippen LogP contribution < -0.4 is 0 Å². The highest BCUT2D eigenvalue weighted by Crippen LogP contribution is 2.33. The molecule has 3 atom stereocenters. The molecule has 0 spiro atoms. The van der Waals surface area contributed by atoms with Crippen molar-refractivity contribution in [3.63, 3.8) is 0 Å². The maximum absolute atomic E-state index is 13.9. The SMILES string of the molecule is O[C@@H]1CCC[C@H]1[C@@H]1COCCN1Cc1nc(-c2ccccc2F)no1. The molecule has 0 amide bonds. The largest absolute Gasteiger partial charge is 0.393 e. The van der Waals surface area contributed by atoms with Crippen LogP contribution in [0, 0.1) is 11.7 Å². The number of nitrogens with zero attached hydrogens (tertiary/aromatic N) is 3. The predicted octanol–water partition coefficient (Wildman–Crippen LogP) is 2.24. The molecule has 0 bridgehead atoms. The molecule has 25 heavy (non-hydrogen) atoms. The van der Waals surface area contributed by atoms with E-state index in [2.05, 4.69) is 15.0 Å². The van der Waals surface area contributed by atoms with Gasteiger partial charge in [0, 0.05) is 18.5 Å². The summed E-state index contributed by atoms with van der Waals surface area (Å²) in [5, 5.41) is 14.1. The number of rotatable bonds is 4. The van der Waals surface area contributed by atoms with Crippen LogP contribution in [0.25, 0.3) is 11.4 Å². The predicted molar refractivity (Wildman–Crippen MR) is 88.1 cm³/mol. The van der Waals surface area contributed by atoms with Crippen molar-refractivity contribution in [2.75, 3.05) is 19.8 Å². The van der Waals surface area contributed by atoms with Gasteiger partial charge in [0.15, 0.2) is 0 Å². The second kappa shape index (κ2) is 7.19. The average molecular weight is 347 g/mol. The Kier molecular flexibility index (Phi) is 4.78. The number of halogens is 1. The van der Waals surface area contributed by atoms with E-state index in [1.54, 1.807) is 18.2 Å². The molecule has 134 valence electrons. The molecule has 1 N–H and O–H groups in total. The standard InChI is InChI=1S/C18H22FN3O3/c19-14-6-2-1-4-12(14)18-20-17(25-21-18)10-22-8-9-24-11-15(22)13-5-3-7-16(13)23/h1-2,4,6,13,15-16,23H,3,5,7-11H2/t13-,15-,16+/m0/s1. The van der Waals surface area contributed by atoms with Gasteiger partial charge in [0.1, 0.15) is 5.82 Å². The summed E-state index contributed by atoms with van der Waals surface area (Å²) in [7, 11) is 0. The highest BCUT2D eigenvalue weighted by atomic mass is 19.1. The molecule has 4 rings (SSSR count). The van der Waals surface area contributed by atoms with Crippen molar-refractivity contribution in [2.45, 2.75) is 38.0 Å². The van der Waals surface area contributed by atoms with E-state index in [0.717, 1.165) is 25.8 Å². The highest BCUT2D eigenvalue weighted by Gasteiger charge is 2.38. The van der Waals surface area contributed by atoms with Crippen molar-refractivity contribution in [1.29, 1.82) is 0 Å². The lowest BCUT2D eigenvalue weighted by Gasteiger charge is -2.39. The Labute approximate surface area is 145 Å². The van der Waals surface area contributed by atoms with Gasteiger partial charge < -0.3 is 14.4 Å². The molecule has 2 fully saturated rings. The molecule has 0 unspecified atom stereocenters. The second-order valence-corrected chi connectivity index (χ2v) is 6.77. The molecular formula is C18H22FN3O3. The molecule has 2 aromatic rings. The maximum atomic E-state index is 13.9. The average Bonchev–Trinajstić information content (AvgIpc) is 3.25. The van der Waals surface area contributed by atoms with Gasteiger partial charge in [-0.05, 0) is 25.0 Å². The zero-order valence-electron chi connectivity index (χ0n) is 14.0. The van der Waals surface area contributed by atoms with E-state index in [9.17, 15) is 9.50 Å². The highest BCUT2D eigenvalue weighted by molar-refractivity contribution is 5.54. The molecule has 2 aliphatic rings. The third-order valence-corrected chi connectivity index (χ3v) is 5.23. The third kappa shape index (κ3) is 3.44. The van der Waals surface area contributed by atoms with Crippen LogP contribution in [0.5, 0.6) is 0 Å². The van der Waals surface area contributed by atoms with E-state index >= 15 is 0 Å². The fraction of sp³-hybridized carbons (Fsp3) is 0.556. The monoisotopic (exact) mass is 347 g/mol. The number of hydrogen-bond acceptors (Lipinski definition) is 6. The Balaban J connectivity index is 1.50. The minimum absolute atomic E-state index is 0.148. The summed E-state index contributed by atoms with van der Waals surface area (Å²) in [5.41, 5.74) is 0.335. The minimum atomic E-state index is -0.367. The van der Waals surface area contributed by atoms with E-state index in [0.29, 0.717) is 31.2 Å². The van der Waals surface area contributed by atoms with Gasteiger partial charge in [0.05, 0.1) is 31.4 Å². The van der Waals surface area contributed by atoms with E-state index in [-0.39, 0.29) is 29.7 Å². The molecule has 1 aliphatic heterocycles. The van der Waals surface area contributed by atoms with E-state index in [1.165, 1.54) is 6.07 Å². The number of benzene rings is 1. The van der Waals surface area contributed by atoms with Gasteiger partial charge in [-0.2, -0.15) is 4.98 Å². The van der Waals surface area contributed by atoms with Gasteiger partial charge in [0.2, 0.25) is 11.7 Å². The summed E-state index contributed by atoms with van der Waals surface area (Å²) < 4.78 is 24.9. The summed E-state index contributed by atoms with van der Waals surface area (Å²) in [6.07, 6.45) is 2.64. The third-order valence-electron chi connectivity index (χ3n) is 5.23. The number of aliphatic hydroxyl groups excluding tert-OH is 1. The number of morpholine rings is 1. The van der Waals surface area contributed by atoms with E-state index in [1.807, 2.05) is 0 Å². The van der Waals surface area contributed by atoms with Gasteiger partial charge in [-0.25, -0.2) is 4.39 Å². The van der Waals surface area contributed by atoms with Crippen molar-refractivity contribution >= 4 is 0 Å². The first-order chi connectivity index (χ1) is 12.2. The lowest BCUT2D eigenvalue weighted by molar-refractivity contribution is -0.0567. The van der Waals surface area contributed by atoms with Crippen LogP contribution >= 0.6 is 0 Å².